The average Bonchev–Trinajstić information content (AvgIpc) is 3.19. The Morgan fingerprint density at radius 1 is 1.03 bits per heavy atom. The average molecular weight is 474 g/mol. The number of thiophene rings is 1. The number of hydrogen-bond acceptors (Lipinski definition) is 4. The monoisotopic (exact) mass is 473 g/mol. The van der Waals surface area contributed by atoms with Crippen LogP contribution in [0.3, 0.4) is 0 Å². The minimum Gasteiger partial charge on any atom is -0.359 e. The molecular weight excluding hydrogens is 446 g/mol. The van der Waals surface area contributed by atoms with Crippen molar-refractivity contribution in [3.8, 4) is 11.1 Å². The Bertz CT molecular complexity index is 1410. The van der Waals surface area contributed by atoms with E-state index < -0.39 is 0 Å². The van der Waals surface area contributed by atoms with E-state index in [4.69, 9.17) is 0 Å². The summed E-state index contributed by atoms with van der Waals surface area (Å²) >= 11 is 1.47. The minimum atomic E-state index is -0.0965. The molecule has 4 aromatic rings. The lowest BCUT2D eigenvalue weighted by molar-refractivity contribution is -0.120. The first kappa shape index (κ1) is 23.4. The number of aryl methyl sites for hydroxylation is 2. The van der Waals surface area contributed by atoms with Crippen molar-refractivity contribution in [3.05, 3.63) is 93.2 Å². The molecule has 0 radical (unpaired) electrons. The lowest BCUT2D eigenvalue weighted by Gasteiger charge is -2.22. The van der Waals surface area contributed by atoms with Gasteiger partial charge in [0.05, 0.1) is 4.88 Å². The number of carbonyl (C=O) groups is 2. The molecule has 0 aliphatic carbocycles. The molecule has 2 aromatic carbocycles. The van der Waals surface area contributed by atoms with Gasteiger partial charge in [-0.15, -0.1) is 11.3 Å². The predicted molar refractivity (Wildman–Crippen MR) is 137 cm³/mol. The molecule has 0 aliphatic heterocycles. The van der Waals surface area contributed by atoms with Crippen LogP contribution in [0.15, 0.2) is 71.7 Å². The van der Waals surface area contributed by atoms with E-state index >= 15 is 0 Å². The van der Waals surface area contributed by atoms with Crippen LogP contribution in [0.1, 0.15) is 27.2 Å². The molecule has 174 valence electrons. The second kappa shape index (κ2) is 10.1. The zero-order valence-electron chi connectivity index (χ0n) is 19.5. The van der Waals surface area contributed by atoms with Gasteiger partial charge in [-0.1, -0.05) is 36.4 Å². The highest BCUT2D eigenvalue weighted by Gasteiger charge is 2.22. The van der Waals surface area contributed by atoms with Crippen LogP contribution in [-0.4, -0.2) is 34.9 Å². The number of pyridine rings is 1. The van der Waals surface area contributed by atoms with Gasteiger partial charge >= 0.3 is 0 Å². The van der Waals surface area contributed by atoms with Crippen LogP contribution in [0.4, 0.5) is 0 Å². The number of rotatable bonds is 7. The van der Waals surface area contributed by atoms with Gasteiger partial charge in [0.2, 0.25) is 11.5 Å². The third-order valence-electron chi connectivity index (χ3n) is 5.94. The van der Waals surface area contributed by atoms with Gasteiger partial charge in [-0.2, -0.15) is 0 Å². The number of fused-ring (bicyclic) bond motifs is 1. The van der Waals surface area contributed by atoms with E-state index in [0.717, 1.165) is 32.3 Å². The van der Waals surface area contributed by atoms with E-state index in [1.54, 1.807) is 29.6 Å². The summed E-state index contributed by atoms with van der Waals surface area (Å²) in [6, 6.07) is 19.3. The van der Waals surface area contributed by atoms with Crippen molar-refractivity contribution in [2.24, 2.45) is 7.05 Å². The smallest absolute Gasteiger partial charge is 0.264 e. The first-order valence-corrected chi connectivity index (χ1v) is 11.9. The van der Waals surface area contributed by atoms with Crippen molar-refractivity contribution in [1.82, 2.24) is 14.8 Å². The van der Waals surface area contributed by atoms with Crippen LogP contribution in [0.2, 0.25) is 0 Å². The zero-order chi connectivity index (χ0) is 24.2. The number of aromatic nitrogens is 1. The molecule has 2 heterocycles. The Hall–Kier alpha value is -3.71. The maximum atomic E-state index is 13.6. The number of carbonyl (C=O) groups excluding carboxylic acids is 2. The summed E-state index contributed by atoms with van der Waals surface area (Å²) in [5.74, 6) is -0.170. The maximum Gasteiger partial charge on any atom is 0.264 e. The molecule has 6 nitrogen and oxygen atoms in total. The second-order valence-corrected chi connectivity index (χ2v) is 9.32. The van der Waals surface area contributed by atoms with Crippen molar-refractivity contribution < 1.29 is 9.59 Å². The molecule has 0 saturated carbocycles. The fourth-order valence-electron chi connectivity index (χ4n) is 3.93. The van der Waals surface area contributed by atoms with Gasteiger partial charge in [0, 0.05) is 50.6 Å². The fourth-order valence-corrected chi connectivity index (χ4v) is 5.09. The Morgan fingerprint density at radius 2 is 1.76 bits per heavy atom. The molecule has 2 aromatic heterocycles. The number of amides is 2. The van der Waals surface area contributed by atoms with Crippen LogP contribution in [-0.2, 0) is 18.4 Å². The SMILES string of the molecule is CNC(=O)CCN(Cc1ccccc1)C(=O)c1sc2ccc(-c3ccc(=O)n(C)c3)cc2c1C. The number of hydrogen-bond donors (Lipinski definition) is 1. The molecule has 2 amide bonds. The lowest BCUT2D eigenvalue weighted by atomic mass is 10.0. The Kier molecular flexibility index (Phi) is 6.93. The van der Waals surface area contributed by atoms with Crippen molar-refractivity contribution in [2.45, 2.75) is 19.9 Å². The van der Waals surface area contributed by atoms with Gasteiger partial charge in [0.1, 0.15) is 0 Å². The molecule has 0 unspecified atom stereocenters. The van der Waals surface area contributed by atoms with Gasteiger partial charge in [-0.3, -0.25) is 14.4 Å². The van der Waals surface area contributed by atoms with E-state index in [0.29, 0.717) is 18.0 Å². The van der Waals surface area contributed by atoms with Crippen molar-refractivity contribution >= 4 is 33.2 Å². The number of benzene rings is 2. The van der Waals surface area contributed by atoms with Gasteiger partial charge in [0.25, 0.3) is 5.91 Å². The number of nitrogens with one attached hydrogen (secondary N) is 1. The minimum absolute atomic E-state index is 0.0558. The highest BCUT2D eigenvalue weighted by atomic mass is 32.1. The summed E-state index contributed by atoms with van der Waals surface area (Å²) in [4.78, 5) is 39.7. The van der Waals surface area contributed by atoms with Gasteiger partial charge in [-0.05, 0) is 52.8 Å². The summed E-state index contributed by atoms with van der Waals surface area (Å²) in [7, 11) is 3.33. The van der Waals surface area contributed by atoms with Crippen LogP contribution in [0, 0.1) is 6.92 Å². The molecule has 0 aliphatic rings. The van der Waals surface area contributed by atoms with Gasteiger partial charge < -0.3 is 14.8 Å². The molecule has 4 rings (SSSR count). The molecule has 1 N–H and O–H groups in total. The van der Waals surface area contributed by atoms with E-state index in [1.165, 1.54) is 11.3 Å². The quantitative estimate of drug-likeness (QED) is 0.434. The van der Waals surface area contributed by atoms with Crippen molar-refractivity contribution in [1.29, 1.82) is 0 Å². The van der Waals surface area contributed by atoms with Gasteiger partial charge in [0.15, 0.2) is 0 Å². The van der Waals surface area contributed by atoms with E-state index in [-0.39, 0.29) is 23.8 Å². The normalized spacial score (nSPS) is 10.9. The largest absolute Gasteiger partial charge is 0.359 e. The summed E-state index contributed by atoms with van der Waals surface area (Å²) < 4.78 is 2.59. The molecule has 0 atom stereocenters. The predicted octanol–water partition coefficient (Wildman–Crippen LogP) is 4.35. The standard InChI is InChI=1S/C27H27N3O3S/c1-18-22-15-20(21-10-12-25(32)29(3)17-21)9-11-23(22)34-26(18)27(33)30(14-13-24(31)28-2)16-19-7-5-4-6-8-19/h4-12,15,17H,13-14,16H2,1-3H3,(H,28,31). The molecule has 0 spiro atoms. The summed E-state index contributed by atoms with van der Waals surface area (Å²) in [6.45, 7) is 2.74. The molecule has 34 heavy (non-hydrogen) atoms. The summed E-state index contributed by atoms with van der Waals surface area (Å²) in [5, 5.41) is 3.65. The fraction of sp³-hybridized carbons (Fsp3) is 0.222. The highest BCUT2D eigenvalue weighted by molar-refractivity contribution is 7.21. The summed E-state index contributed by atoms with van der Waals surface area (Å²) in [6.07, 6.45) is 2.06. The highest BCUT2D eigenvalue weighted by Crippen LogP contribution is 2.35. The Balaban J connectivity index is 1.68. The Morgan fingerprint density at radius 3 is 2.47 bits per heavy atom. The topological polar surface area (TPSA) is 71.4 Å². The first-order valence-electron chi connectivity index (χ1n) is 11.1. The van der Waals surface area contributed by atoms with Crippen molar-refractivity contribution in [3.63, 3.8) is 0 Å². The summed E-state index contributed by atoms with van der Waals surface area (Å²) in [5.41, 5.74) is 3.82. The maximum absolute atomic E-state index is 13.6. The second-order valence-electron chi connectivity index (χ2n) is 8.27. The molecule has 0 fully saturated rings. The van der Waals surface area contributed by atoms with Crippen LogP contribution in [0.5, 0.6) is 0 Å². The van der Waals surface area contributed by atoms with Crippen LogP contribution >= 0.6 is 11.3 Å². The van der Waals surface area contributed by atoms with E-state index in [1.807, 2.05) is 61.7 Å². The molecule has 0 bridgehead atoms. The molecular formula is C27H27N3O3S. The third kappa shape index (κ3) is 4.94. The zero-order valence-corrected chi connectivity index (χ0v) is 20.3. The first-order chi connectivity index (χ1) is 16.4. The lowest BCUT2D eigenvalue weighted by Crippen LogP contribution is -2.34. The van der Waals surface area contributed by atoms with Crippen molar-refractivity contribution in [2.75, 3.05) is 13.6 Å². The van der Waals surface area contributed by atoms with Crippen LogP contribution < -0.4 is 10.9 Å². The molecule has 0 saturated heterocycles. The van der Waals surface area contributed by atoms with Crippen LogP contribution in [0.25, 0.3) is 21.2 Å². The third-order valence-corrected chi connectivity index (χ3v) is 7.20. The van der Waals surface area contributed by atoms with Gasteiger partial charge in [-0.25, -0.2) is 0 Å². The van der Waals surface area contributed by atoms with E-state index in [2.05, 4.69) is 11.4 Å². The number of nitrogens with zero attached hydrogens (tertiary/aromatic N) is 2. The Labute approximate surface area is 202 Å². The molecule has 7 heteroatoms. The van der Waals surface area contributed by atoms with E-state index in [9.17, 15) is 14.4 Å².